The average molecular weight is 453 g/mol. The second-order valence-electron chi connectivity index (χ2n) is 9.66. The highest BCUT2D eigenvalue weighted by Crippen LogP contribution is 2.31. The molecule has 4 rings (SSSR count). The van der Waals surface area contributed by atoms with Gasteiger partial charge in [-0.2, -0.15) is 0 Å². The Morgan fingerprint density at radius 2 is 1.38 bits per heavy atom. The summed E-state index contributed by atoms with van der Waals surface area (Å²) >= 11 is 0. The lowest BCUT2D eigenvalue weighted by molar-refractivity contribution is 0.289. The zero-order valence-electron chi connectivity index (χ0n) is 20.1. The van der Waals surface area contributed by atoms with Crippen LogP contribution in [0, 0.1) is 61.0 Å². The Morgan fingerprint density at radius 1 is 0.735 bits per heavy atom. The SMILES string of the molecule is Cc1ccc(C#Cc2c(F)cc(C#Cc3ccc(CC4CCC(C)CC4)cc3C)cc2F)cc1. The molecule has 0 amide bonds. The molecular formula is C32H30F2. The van der Waals surface area contributed by atoms with Gasteiger partial charge in [-0.25, -0.2) is 8.78 Å². The summed E-state index contributed by atoms with van der Waals surface area (Å²) in [6.07, 6.45) is 6.39. The normalized spacial score (nSPS) is 17.3. The van der Waals surface area contributed by atoms with E-state index in [1.165, 1.54) is 43.4 Å². The summed E-state index contributed by atoms with van der Waals surface area (Å²) in [6.45, 7) is 6.36. The van der Waals surface area contributed by atoms with E-state index in [2.05, 4.69) is 42.7 Å². The van der Waals surface area contributed by atoms with Crippen molar-refractivity contribution in [3.63, 3.8) is 0 Å². The smallest absolute Gasteiger partial charge is 0.143 e. The number of benzene rings is 3. The van der Waals surface area contributed by atoms with E-state index in [9.17, 15) is 8.78 Å². The van der Waals surface area contributed by atoms with Crippen LogP contribution in [0.3, 0.4) is 0 Å². The summed E-state index contributed by atoms with van der Waals surface area (Å²) in [7, 11) is 0. The van der Waals surface area contributed by atoms with E-state index < -0.39 is 11.6 Å². The van der Waals surface area contributed by atoms with Gasteiger partial charge in [0.25, 0.3) is 0 Å². The van der Waals surface area contributed by atoms with E-state index in [0.717, 1.165) is 34.9 Å². The zero-order chi connectivity index (χ0) is 24.1. The molecule has 0 bridgehead atoms. The molecule has 0 N–H and O–H groups in total. The van der Waals surface area contributed by atoms with Gasteiger partial charge in [0, 0.05) is 16.7 Å². The van der Waals surface area contributed by atoms with Crippen molar-refractivity contribution in [1.29, 1.82) is 0 Å². The third kappa shape index (κ3) is 6.15. The van der Waals surface area contributed by atoms with Gasteiger partial charge in [0.2, 0.25) is 0 Å². The Bertz CT molecular complexity index is 1260. The molecule has 0 heterocycles. The van der Waals surface area contributed by atoms with Crippen LogP contribution in [-0.4, -0.2) is 0 Å². The molecule has 1 aliphatic carbocycles. The number of rotatable bonds is 2. The first kappa shape index (κ1) is 23.8. The molecule has 0 unspecified atom stereocenters. The van der Waals surface area contributed by atoms with Gasteiger partial charge in [-0.3, -0.25) is 0 Å². The largest absolute Gasteiger partial charge is 0.205 e. The molecule has 172 valence electrons. The lowest BCUT2D eigenvalue weighted by Crippen LogP contribution is -2.14. The third-order valence-corrected chi connectivity index (χ3v) is 6.72. The molecule has 0 spiro atoms. The standard InChI is InChI=1S/C32H30F2/c1-22-4-8-25(9-5-22)14-17-30-31(33)20-28(21-32(30)34)13-16-29-15-12-27(18-24(29)3)19-26-10-6-23(2)7-11-26/h4-5,8-9,12,15,18,20-21,23,26H,6-7,10-11,19H2,1-3H3. The van der Waals surface area contributed by atoms with Crippen molar-refractivity contribution in [3.05, 3.63) is 105 Å². The van der Waals surface area contributed by atoms with Crippen LogP contribution < -0.4 is 0 Å². The van der Waals surface area contributed by atoms with Gasteiger partial charge in [0.05, 0.1) is 5.56 Å². The fourth-order valence-corrected chi connectivity index (χ4v) is 4.54. The molecule has 0 nitrogen and oxygen atoms in total. The first-order valence-corrected chi connectivity index (χ1v) is 12.1. The lowest BCUT2D eigenvalue weighted by atomic mass is 9.80. The zero-order valence-corrected chi connectivity index (χ0v) is 20.1. The second-order valence-corrected chi connectivity index (χ2v) is 9.66. The van der Waals surface area contributed by atoms with Crippen molar-refractivity contribution in [2.24, 2.45) is 11.8 Å². The van der Waals surface area contributed by atoms with Crippen molar-refractivity contribution in [2.45, 2.75) is 52.9 Å². The summed E-state index contributed by atoms with van der Waals surface area (Å²) in [5.74, 6) is 11.7. The lowest BCUT2D eigenvalue weighted by Gasteiger charge is -2.26. The molecule has 1 saturated carbocycles. The van der Waals surface area contributed by atoms with Crippen LogP contribution in [0.15, 0.2) is 54.6 Å². The Kier molecular flexibility index (Phi) is 7.49. The quantitative estimate of drug-likeness (QED) is 0.349. The predicted octanol–water partition coefficient (Wildman–Crippen LogP) is 7.75. The number of aryl methyl sites for hydroxylation is 2. The summed E-state index contributed by atoms with van der Waals surface area (Å²) < 4.78 is 29.1. The fourth-order valence-electron chi connectivity index (χ4n) is 4.54. The van der Waals surface area contributed by atoms with Crippen molar-refractivity contribution < 1.29 is 8.78 Å². The maximum absolute atomic E-state index is 14.6. The summed E-state index contributed by atoms with van der Waals surface area (Å²) in [6, 6.07) is 16.4. The van der Waals surface area contributed by atoms with E-state index in [4.69, 9.17) is 0 Å². The van der Waals surface area contributed by atoms with Gasteiger partial charge in [0.15, 0.2) is 0 Å². The van der Waals surface area contributed by atoms with Crippen LogP contribution in [0.2, 0.25) is 0 Å². The van der Waals surface area contributed by atoms with E-state index in [0.29, 0.717) is 11.1 Å². The molecule has 3 aromatic rings. The number of hydrogen-bond donors (Lipinski definition) is 0. The van der Waals surface area contributed by atoms with Gasteiger partial charge < -0.3 is 0 Å². The topological polar surface area (TPSA) is 0 Å². The summed E-state index contributed by atoms with van der Waals surface area (Å²) in [5, 5.41) is 0. The summed E-state index contributed by atoms with van der Waals surface area (Å²) in [5.41, 5.74) is 5.20. The molecule has 0 radical (unpaired) electrons. The Hall–Kier alpha value is -3.36. The van der Waals surface area contributed by atoms with Crippen molar-refractivity contribution >= 4 is 0 Å². The maximum atomic E-state index is 14.6. The monoisotopic (exact) mass is 452 g/mol. The Morgan fingerprint density at radius 3 is 2.03 bits per heavy atom. The summed E-state index contributed by atoms with van der Waals surface area (Å²) in [4.78, 5) is 0. The van der Waals surface area contributed by atoms with Gasteiger partial charge in [-0.1, -0.05) is 73.3 Å². The van der Waals surface area contributed by atoms with Crippen LogP contribution in [0.1, 0.15) is 71.6 Å². The van der Waals surface area contributed by atoms with E-state index in [1.54, 1.807) is 0 Å². The molecular weight excluding hydrogens is 422 g/mol. The highest BCUT2D eigenvalue weighted by Gasteiger charge is 2.18. The number of halogens is 2. The molecule has 0 saturated heterocycles. The van der Waals surface area contributed by atoms with E-state index >= 15 is 0 Å². The Labute approximate surface area is 202 Å². The van der Waals surface area contributed by atoms with Crippen molar-refractivity contribution in [1.82, 2.24) is 0 Å². The van der Waals surface area contributed by atoms with Crippen molar-refractivity contribution in [2.75, 3.05) is 0 Å². The van der Waals surface area contributed by atoms with Crippen LogP contribution in [0.25, 0.3) is 0 Å². The predicted molar refractivity (Wildman–Crippen MR) is 136 cm³/mol. The molecule has 2 heteroatoms. The van der Waals surface area contributed by atoms with Crippen LogP contribution in [0.4, 0.5) is 8.78 Å². The highest BCUT2D eigenvalue weighted by atomic mass is 19.1. The molecule has 0 atom stereocenters. The third-order valence-electron chi connectivity index (χ3n) is 6.72. The number of hydrogen-bond acceptors (Lipinski definition) is 0. The minimum absolute atomic E-state index is 0.233. The second kappa shape index (κ2) is 10.7. The minimum atomic E-state index is -0.696. The van der Waals surface area contributed by atoms with Crippen LogP contribution in [-0.2, 0) is 6.42 Å². The maximum Gasteiger partial charge on any atom is 0.143 e. The minimum Gasteiger partial charge on any atom is -0.205 e. The van der Waals surface area contributed by atoms with E-state index in [1.807, 2.05) is 44.2 Å². The molecule has 1 aliphatic rings. The van der Waals surface area contributed by atoms with Crippen LogP contribution in [0.5, 0.6) is 0 Å². The van der Waals surface area contributed by atoms with Gasteiger partial charge in [0.1, 0.15) is 11.6 Å². The van der Waals surface area contributed by atoms with Crippen LogP contribution >= 0.6 is 0 Å². The first-order chi connectivity index (χ1) is 16.4. The molecule has 3 aromatic carbocycles. The Balaban J connectivity index is 1.48. The van der Waals surface area contributed by atoms with E-state index in [-0.39, 0.29) is 5.56 Å². The van der Waals surface area contributed by atoms with Gasteiger partial charge in [-0.15, -0.1) is 0 Å². The highest BCUT2D eigenvalue weighted by molar-refractivity contribution is 5.51. The molecule has 0 aliphatic heterocycles. The molecule has 34 heavy (non-hydrogen) atoms. The van der Waals surface area contributed by atoms with Crippen molar-refractivity contribution in [3.8, 4) is 23.7 Å². The first-order valence-electron chi connectivity index (χ1n) is 12.1. The molecule has 1 fully saturated rings. The van der Waals surface area contributed by atoms with Gasteiger partial charge >= 0.3 is 0 Å². The van der Waals surface area contributed by atoms with Gasteiger partial charge in [-0.05, 0) is 86.4 Å². The average Bonchev–Trinajstić information content (AvgIpc) is 2.81. The fraction of sp³-hybridized carbons (Fsp3) is 0.312. The molecule has 0 aromatic heterocycles.